The van der Waals surface area contributed by atoms with E-state index in [1.807, 2.05) is 37.3 Å². The molecule has 160 valence electrons. The number of hydrogen-bond donors (Lipinski definition) is 0. The van der Waals surface area contributed by atoms with Crippen LogP contribution in [0.25, 0.3) is 0 Å². The van der Waals surface area contributed by atoms with Gasteiger partial charge >= 0.3 is 11.9 Å². The first-order valence-corrected chi connectivity index (χ1v) is 10.8. The molecule has 0 amide bonds. The lowest BCUT2D eigenvalue weighted by Crippen LogP contribution is -2.11. The molecule has 0 saturated heterocycles. The number of carbonyl (C=O) groups is 2. The highest BCUT2D eigenvalue weighted by atomic mass is 79.9. The van der Waals surface area contributed by atoms with Gasteiger partial charge in [-0.2, -0.15) is 0 Å². The zero-order valence-electron chi connectivity index (χ0n) is 17.2. The summed E-state index contributed by atoms with van der Waals surface area (Å²) in [6.07, 6.45) is 1.52. The van der Waals surface area contributed by atoms with E-state index in [0.29, 0.717) is 34.4 Å². The van der Waals surface area contributed by atoms with Crippen molar-refractivity contribution in [3.63, 3.8) is 0 Å². The van der Waals surface area contributed by atoms with Crippen LogP contribution in [0.5, 0.6) is 11.5 Å². The first-order valence-electron chi connectivity index (χ1n) is 10.0. The molecule has 0 radical (unpaired) electrons. The summed E-state index contributed by atoms with van der Waals surface area (Å²) in [5.74, 6) is -0.0603. The largest absolute Gasteiger partial charge is 0.492 e. The fourth-order valence-electron chi connectivity index (χ4n) is 2.80. The van der Waals surface area contributed by atoms with Gasteiger partial charge in [-0.15, -0.1) is 0 Å². The summed E-state index contributed by atoms with van der Waals surface area (Å²) in [6, 6.07) is 21.2. The predicted molar refractivity (Wildman–Crippen MR) is 122 cm³/mol. The van der Waals surface area contributed by atoms with E-state index in [0.717, 1.165) is 12.0 Å². The van der Waals surface area contributed by atoms with Gasteiger partial charge < -0.3 is 14.2 Å². The number of rotatable bonds is 9. The molecule has 3 aromatic rings. The normalized spacial score (nSPS) is 10.4. The van der Waals surface area contributed by atoms with Crippen LogP contribution in [0.3, 0.4) is 0 Å². The van der Waals surface area contributed by atoms with E-state index in [9.17, 15) is 9.59 Å². The van der Waals surface area contributed by atoms with E-state index >= 15 is 0 Å². The van der Waals surface area contributed by atoms with Gasteiger partial charge in [-0.1, -0.05) is 43.3 Å². The molecular weight excluding hydrogens is 460 g/mol. The summed E-state index contributed by atoms with van der Waals surface area (Å²) in [5.41, 5.74) is 1.78. The van der Waals surface area contributed by atoms with E-state index in [-0.39, 0.29) is 12.4 Å². The van der Waals surface area contributed by atoms with Crippen LogP contribution in [0.4, 0.5) is 0 Å². The Morgan fingerprint density at radius 2 is 1.61 bits per heavy atom. The average Bonchev–Trinajstić information content (AvgIpc) is 2.79. The SMILES string of the molecule is CCCOc1ccc(C(=O)Oc2cccc(C(=O)OCCc3ccccc3)c2)cc1Br. The zero-order chi connectivity index (χ0) is 22.1. The van der Waals surface area contributed by atoms with Crippen molar-refractivity contribution in [2.75, 3.05) is 13.2 Å². The highest BCUT2D eigenvalue weighted by Crippen LogP contribution is 2.27. The molecule has 0 bridgehead atoms. The van der Waals surface area contributed by atoms with Crippen LogP contribution in [-0.2, 0) is 11.2 Å². The summed E-state index contributed by atoms with van der Waals surface area (Å²) in [7, 11) is 0. The lowest BCUT2D eigenvalue weighted by atomic mass is 10.2. The molecule has 5 nitrogen and oxygen atoms in total. The van der Waals surface area contributed by atoms with E-state index in [4.69, 9.17) is 14.2 Å². The molecule has 0 N–H and O–H groups in total. The van der Waals surface area contributed by atoms with E-state index < -0.39 is 11.9 Å². The highest BCUT2D eigenvalue weighted by molar-refractivity contribution is 9.10. The molecule has 0 fully saturated rings. The Morgan fingerprint density at radius 1 is 0.839 bits per heavy atom. The third-order valence-corrected chi connectivity index (χ3v) is 5.00. The van der Waals surface area contributed by atoms with Gasteiger partial charge in [-0.3, -0.25) is 0 Å². The maximum absolute atomic E-state index is 12.5. The molecule has 0 aromatic heterocycles. The quantitative estimate of drug-likeness (QED) is 0.282. The Labute approximate surface area is 190 Å². The van der Waals surface area contributed by atoms with Crippen molar-refractivity contribution in [1.29, 1.82) is 0 Å². The summed E-state index contributed by atoms with van der Waals surface area (Å²) >= 11 is 3.41. The fourth-order valence-corrected chi connectivity index (χ4v) is 3.29. The molecule has 31 heavy (non-hydrogen) atoms. The Morgan fingerprint density at radius 3 is 2.35 bits per heavy atom. The zero-order valence-corrected chi connectivity index (χ0v) is 18.8. The molecule has 0 aliphatic carbocycles. The summed E-state index contributed by atoms with van der Waals surface area (Å²) < 4.78 is 17.0. The molecule has 0 aliphatic heterocycles. The fraction of sp³-hybridized carbons (Fsp3) is 0.200. The van der Waals surface area contributed by atoms with Crippen LogP contribution < -0.4 is 9.47 Å². The predicted octanol–water partition coefficient (Wildman–Crippen LogP) is 5.86. The second-order valence-corrected chi connectivity index (χ2v) is 7.64. The molecule has 0 atom stereocenters. The summed E-state index contributed by atoms with van der Waals surface area (Å²) in [5, 5.41) is 0. The van der Waals surface area contributed by atoms with Crippen LogP contribution in [0.15, 0.2) is 77.3 Å². The van der Waals surface area contributed by atoms with Crippen LogP contribution in [0.1, 0.15) is 39.6 Å². The Balaban J connectivity index is 1.58. The first kappa shape index (κ1) is 22.6. The molecule has 0 heterocycles. The van der Waals surface area contributed by atoms with E-state index in [1.165, 1.54) is 6.07 Å². The molecule has 3 aromatic carbocycles. The highest BCUT2D eigenvalue weighted by Gasteiger charge is 2.14. The number of ether oxygens (including phenoxy) is 3. The van der Waals surface area contributed by atoms with Gasteiger partial charge in [0.1, 0.15) is 11.5 Å². The monoisotopic (exact) mass is 482 g/mol. The smallest absolute Gasteiger partial charge is 0.343 e. The van der Waals surface area contributed by atoms with Crippen LogP contribution in [0, 0.1) is 0 Å². The Bertz CT molecular complexity index is 1030. The average molecular weight is 483 g/mol. The van der Waals surface area contributed by atoms with Gasteiger partial charge in [0.25, 0.3) is 0 Å². The third-order valence-electron chi connectivity index (χ3n) is 4.38. The van der Waals surface area contributed by atoms with E-state index in [1.54, 1.807) is 36.4 Å². The topological polar surface area (TPSA) is 61.8 Å². The van der Waals surface area contributed by atoms with Crippen molar-refractivity contribution in [2.24, 2.45) is 0 Å². The van der Waals surface area contributed by atoms with Gasteiger partial charge in [0.15, 0.2) is 0 Å². The Hall–Kier alpha value is -3.12. The third kappa shape index (κ3) is 6.69. The molecule has 0 unspecified atom stereocenters. The van der Waals surface area contributed by atoms with Crippen LogP contribution in [0.2, 0.25) is 0 Å². The number of esters is 2. The lowest BCUT2D eigenvalue weighted by molar-refractivity contribution is 0.0507. The number of halogens is 1. The van der Waals surface area contributed by atoms with Crippen molar-refractivity contribution >= 4 is 27.9 Å². The molecule has 3 rings (SSSR count). The minimum atomic E-state index is -0.530. The molecule has 0 saturated carbocycles. The molecule has 0 spiro atoms. The molecular formula is C25H23BrO5. The second kappa shape index (κ2) is 11.3. The van der Waals surface area contributed by atoms with E-state index in [2.05, 4.69) is 15.9 Å². The molecule has 6 heteroatoms. The van der Waals surface area contributed by atoms with Crippen molar-refractivity contribution < 1.29 is 23.8 Å². The summed E-state index contributed by atoms with van der Waals surface area (Å²) in [4.78, 5) is 24.8. The number of carbonyl (C=O) groups excluding carboxylic acids is 2. The van der Waals surface area contributed by atoms with Gasteiger partial charge in [0.05, 0.1) is 28.8 Å². The summed E-state index contributed by atoms with van der Waals surface area (Å²) in [6.45, 7) is 2.89. The minimum Gasteiger partial charge on any atom is -0.492 e. The number of hydrogen-bond acceptors (Lipinski definition) is 5. The Kier molecular flexibility index (Phi) is 8.24. The van der Waals surface area contributed by atoms with Crippen molar-refractivity contribution in [3.05, 3.63) is 94.0 Å². The van der Waals surface area contributed by atoms with Crippen molar-refractivity contribution in [2.45, 2.75) is 19.8 Å². The van der Waals surface area contributed by atoms with Crippen LogP contribution >= 0.6 is 15.9 Å². The van der Waals surface area contributed by atoms with Crippen molar-refractivity contribution in [1.82, 2.24) is 0 Å². The lowest BCUT2D eigenvalue weighted by Gasteiger charge is -2.10. The molecule has 0 aliphatic rings. The minimum absolute atomic E-state index is 0.268. The standard InChI is InChI=1S/C25H23BrO5/c1-2-14-29-23-12-11-20(17-22(23)26)25(28)31-21-10-6-9-19(16-21)24(27)30-15-13-18-7-4-3-5-8-18/h3-12,16-17H,2,13-15H2,1H3. The van der Waals surface area contributed by atoms with Gasteiger partial charge in [-0.05, 0) is 64.3 Å². The van der Waals surface area contributed by atoms with Gasteiger partial charge in [0, 0.05) is 6.42 Å². The van der Waals surface area contributed by atoms with Gasteiger partial charge in [-0.25, -0.2) is 9.59 Å². The second-order valence-electron chi connectivity index (χ2n) is 6.78. The first-order chi connectivity index (χ1) is 15.1. The van der Waals surface area contributed by atoms with Gasteiger partial charge in [0.2, 0.25) is 0 Å². The maximum atomic E-state index is 12.5. The maximum Gasteiger partial charge on any atom is 0.343 e. The van der Waals surface area contributed by atoms with Crippen molar-refractivity contribution in [3.8, 4) is 11.5 Å². The van der Waals surface area contributed by atoms with Crippen LogP contribution in [-0.4, -0.2) is 25.2 Å². The number of benzene rings is 3.